The highest BCUT2D eigenvalue weighted by atomic mass is 16.6. The van der Waals surface area contributed by atoms with Crippen molar-refractivity contribution in [1.82, 2.24) is 10.6 Å². The topological polar surface area (TPSA) is 199 Å². The fourth-order valence-corrected chi connectivity index (χ4v) is 6.91. The van der Waals surface area contributed by atoms with Crippen molar-refractivity contribution in [3.63, 3.8) is 0 Å². The Morgan fingerprint density at radius 3 is 1.75 bits per heavy atom. The molecule has 0 fully saturated rings. The first-order valence-corrected chi connectivity index (χ1v) is 24.8. The number of anilines is 1. The predicted octanol–water partition coefficient (Wildman–Crippen LogP) is 8.56. The maximum atomic E-state index is 12.8. The maximum absolute atomic E-state index is 12.8. The Kier molecular flexibility index (Phi) is 31.8. The molecule has 0 aliphatic carbocycles. The van der Waals surface area contributed by atoms with Gasteiger partial charge in [0.25, 0.3) is 5.91 Å². The van der Waals surface area contributed by atoms with Crippen LogP contribution in [0.25, 0.3) is 33.7 Å². The van der Waals surface area contributed by atoms with Crippen molar-refractivity contribution < 1.29 is 52.0 Å². The van der Waals surface area contributed by atoms with Gasteiger partial charge in [-0.15, -0.1) is 0 Å². The van der Waals surface area contributed by atoms with Crippen molar-refractivity contribution in [2.75, 3.05) is 105 Å². The fourth-order valence-electron chi connectivity index (χ4n) is 6.91. The summed E-state index contributed by atoms with van der Waals surface area (Å²) in [6.45, 7) is 18.1. The molecule has 1 aromatic heterocycles. The molecule has 1 aliphatic heterocycles. The zero-order valence-corrected chi connectivity index (χ0v) is 43.8. The van der Waals surface area contributed by atoms with Crippen molar-refractivity contribution >= 4 is 46.5 Å². The Morgan fingerprint density at radius 1 is 0.667 bits per heavy atom. The molecule has 0 atom stereocenters. The minimum Gasteiger partial charge on any atom is -0.493 e. The first-order valence-electron chi connectivity index (χ1n) is 24.8. The number of unbranched alkanes of at least 4 members (excludes halogenated alkanes) is 1. The third-order valence-corrected chi connectivity index (χ3v) is 10.2. The molecule has 0 radical (unpaired) electrons. The number of amides is 1. The largest absolute Gasteiger partial charge is 0.493 e. The predicted molar refractivity (Wildman–Crippen MR) is 287 cm³/mol. The number of carbonyl (C=O) groups is 3. The third-order valence-electron chi connectivity index (χ3n) is 10.2. The van der Waals surface area contributed by atoms with E-state index in [1.165, 1.54) is 25.8 Å². The molecule has 0 bridgehead atoms. The second-order valence-electron chi connectivity index (χ2n) is 14.7. The molecule has 0 saturated carbocycles. The highest BCUT2D eigenvalue weighted by Crippen LogP contribution is 2.36. The summed E-state index contributed by atoms with van der Waals surface area (Å²) in [5.74, 6) is 0.889. The fraction of sp³-hybridized carbons (Fsp3) is 0.429. The highest BCUT2D eigenvalue weighted by molar-refractivity contribution is 5.95. The zero-order chi connectivity index (χ0) is 52.9. The molecule has 4 aromatic carbocycles. The number of carbonyl (C=O) groups excluding carboxylic acids is 3. The number of benzene rings is 4. The van der Waals surface area contributed by atoms with E-state index in [-0.39, 0.29) is 16.9 Å². The molecular formula is C56H78N4O12. The Morgan fingerprint density at radius 2 is 1.19 bits per heavy atom. The van der Waals surface area contributed by atoms with E-state index < -0.39 is 0 Å². The molecule has 5 aromatic rings. The van der Waals surface area contributed by atoms with Crippen LogP contribution in [0.3, 0.4) is 0 Å². The number of para-hydroxylation sites is 1. The number of ether oxygens (including phenoxy) is 7. The van der Waals surface area contributed by atoms with Gasteiger partial charge in [0.1, 0.15) is 18.3 Å². The zero-order valence-electron chi connectivity index (χ0n) is 43.8. The molecule has 1 aliphatic rings. The van der Waals surface area contributed by atoms with Crippen molar-refractivity contribution in [2.24, 2.45) is 5.73 Å². The van der Waals surface area contributed by atoms with Crippen LogP contribution in [0.5, 0.6) is 11.5 Å². The minimum atomic E-state index is -0.245. The Bertz CT molecular complexity index is 2400. The van der Waals surface area contributed by atoms with Crippen molar-refractivity contribution in [2.45, 2.75) is 60.9 Å². The standard InChI is InChI=1S/C46H54N4O10.C4H6O2.3C2H6/c1-50-31-34-8-4-5-9-35(34)43(42(47)36-10-6-7-11-38(36)50)48-18-20-55-22-24-57-26-28-59-29-27-58-25-23-56-21-19-49-46(52)33-14-12-32(13-15-33)41-30-39(51)37-16-17-40(53-2)45(54-3)44(37)60-41;5-3-1-2-4-6;3*1-2/h4-17,30,48H,18-29,31,47H2,1-3H3,(H,49,52);3-4H,1-2H2;3*1-2H3/b43-42-;;;;. The van der Waals surface area contributed by atoms with E-state index in [4.69, 9.17) is 43.3 Å². The first kappa shape index (κ1) is 61.6. The van der Waals surface area contributed by atoms with Gasteiger partial charge in [-0.25, -0.2) is 0 Å². The van der Waals surface area contributed by atoms with E-state index in [1.807, 2.05) is 59.7 Å². The van der Waals surface area contributed by atoms with Crippen LogP contribution >= 0.6 is 0 Å². The number of nitrogens with two attached hydrogens (primary N) is 1. The number of methoxy groups -OCH3 is 2. The number of rotatable bonds is 26. The number of nitrogens with zero attached hydrogens (tertiary/aromatic N) is 1. The lowest BCUT2D eigenvalue weighted by molar-refractivity contribution is -0.112. The van der Waals surface area contributed by atoms with Crippen LogP contribution in [-0.4, -0.2) is 119 Å². The van der Waals surface area contributed by atoms with E-state index in [9.17, 15) is 19.2 Å². The van der Waals surface area contributed by atoms with E-state index >= 15 is 0 Å². The lowest BCUT2D eigenvalue weighted by Crippen LogP contribution is -2.27. The van der Waals surface area contributed by atoms with Crippen LogP contribution in [0, 0.1) is 0 Å². The molecule has 0 spiro atoms. The molecule has 0 saturated heterocycles. The Labute approximate surface area is 426 Å². The molecule has 394 valence electrons. The van der Waals surface area contributed by atoms with E-state index in [0.717, 1.165) is 41.6 Å². The number of hydrogen-bond acceptors (Lipinski definition) is 15. The number of fused-ring (bicyclic) bond motifs is 3. The number of aldehydes is 2. The third kappa shape index (κ3) is 19.9. The van der Waals surface area contributed by atoms with Crippen molar-refractivity contribution in [3.05, 3.63) is 123 Å². The van der Waals surface area contributed by atoms with Crippen LogP contribution in [0.4, 0.5) is 5.69 Å². The molecule has 6 rings (SSSR count). The van der Waals surface area contributed by atoms with Crippen molar-refractivity contribution in [1.29, 1.82) is 0 Å². The van der Waals surface area contributed by atoms with E-state index in [2.05, 4.69) is 52.9 Å². The summed E-state index contributed by atoms with van der Waals surface area (Å²) in [5.41, 5.74) is 14.0. The smallest absolute Gasteiger partial charge is 0.251 e. The SMILES string of the molecule is CC.CC.CC.COc1ccc2c(=O)cc(-c3ccc(C(=O)NCCOCCOCCOCCOCCOCCN/C4=C(\N)c5ccccc5N(C)Cc5ccccc54)cc3)oc2c1OC.O=CCCC=O. The quantitative estimate of drug-likeness (QED) is 0.0351. The Hall–Kier alpha value is -6.56. The monoisotopic (exact) mass is 999 g/mol. The molecule has 16 heteroatoms. The maximum Gasteiger partial charge on any atom is 0.251 e. The number of nitrogens with one attached hydrogen (secondary N) is 2. The van der Waals surface area contributed by atoms with Crippen LogP contribution in [0.1, 0.15) is 81.4 Å². The van der Waals surface area contributed by atoms with Gasteiger partial charge in [0.15, 0.2) is 16.8 Å². The molecule has 72 heavy (non-hydrogen) atoms. The van der Waals surface area contributed by atoms with Gasteiger partial charge in [0.05, 0.1) is 97.1 Å². The lowest BCUT2D eigenvalue weighted by atomic mass is 9.96. The van der Waals surface area contributed by atoms with E-state index in [0.29, 0.717) is 131 Å². The van der Waals surface area contributed by atoms with E-state index in [1.54, 1.807) is 36.4 Å². The summed E-state index contributed by atoms with van der Waals surface area (Å²) in [6.07, 6.45) is 2.19. The molecule has 2 heterocycles. The van der Waals surface area contributed by atoms with Gasteiger partial charge in [0.2, 0.25) is 5.75 Å². The average molecular weight is 999 g/mol. The molecule has 16 nitrogen and oxygen atoms in total. The van der Waals surface area contributed by atoms with Gasteiger partial charge in [-0.3, -0.25) is 9.59 Å². The molecular weight excluding hydrogens is 921 g/mol. The van der Waals surface area contributed by atoms with Gasteiger partial charge < -0.3 is 68.4 Å². The summed E-state index contributed by atoms with van der Waals surface area (Å²) in [6, 6.07) is 28.0. The van der Waals surface area contributed by atoms with Gasteiger partial charge in [-0.05, 0) is 35.9 Å². The first-order chi connectivity index (χ1) is 35.3. The highest BCUT2D eigenvalue weighted by Gasteiger charge is 2.21. The van der Waals surface area contributed by atoms with Crippen LogP contribution in [0.15, 0.2) is 100 Å². The van der Waals surface area contributed by atoms with Crippen LogP contribution in [-0.2, 0) is 39.8 Å². The average Bonchev–Trinajstić information content (AvgIpc) is 3.43. The van der Waals surface area contributed by atoms with Crippen LogP contribution in [0.2, 0.25) is 0 Å². The van der Waals surface area contributed by atoms with Gasteiger partial charge >= 0.3 is 0 Å². The Balaban J connectivity index is 0.00000135. The summed E-state index contributed by atoms with van der Waals surface area (Å²) in [7, 11) is 5.09. The lowest BCUT2D eigenvalue weighted by Gasteiger charge is -2.29. The summed E-state index contributed by atoms with van der Waals surface area (Å²) < 4.78 is 45.0. The molecule has 0 unspecified atom stereocenters. The normalized spacial score (nSPS) is 12.2. The second-order valence-corrected chi connectivity index (χ2v) is 14.7. The summed E-state index contributed by atoms with van der Waals surface area (Å²) >= 11 is 0. The van der Waals surface area contributed by atoms with Gasteiger partial charge in [-0.2, -0.15) is 0 Å². The summed E-state index contributed by atoms with van der Waals surface area (Å²) in [4.78, 5) is 46.5. The molecule has 4 N–H and O–H groups in total. The molecule has 1 amide bonds. The number of hydrogen-bond donors (Lipinski definition) is 3. The van der Waals surface area contributed by atoms with Crippen LogP contribution < -0.4 is 36.2 Å². The van der Waals surface area contributed by atoms with Gasteiger partial charge in [0, 0.05) is 73.5 Å². The van der Waals surface area contributed by atoms with Crippen molar-refractivity contribution in [3.8, 4) is 22.8 Å². The van der Waals surface area contributed by atoms with Gasteiger partial charge in [-0.1, -0.05) is 96.1 Å². The second kappa shape index (κ2) is 37.3. The minimum absolute atomic E-state index is 0.217. The summed E-state index contributed by atoms with van der Waals surface area (Å²) in [5, 5.41) is 6.75.